The molecular weight excluding hydrogens is 262 g/mol. The van der Waals surface area contributed by atoms with Gasteiger partial charge in [0.15, 0.2) is 5.16 Å². The fourth-order valence-electron chi connectivity index (χ4n) is 1.53. The Labute approximate surface area is 116 Å². The van der Waals surface area contributed by atoms with Crippen molar-refractivity contribution >= 4 is 23.4 Å². The summed E-state index contributed by atoms with van der Waals surface area (Å²) in [5, 5.41) is 7.09. The summed E-state index contributed by atoms with van der Waals surface area (Å²) in [6.07, 6.45) is 3.65. The fourth-order valence-corrected chi connectivity index (χ4v) is 1.91. The molecule has 0 saturated carbocycles. The number of thioether (sulfide) groups is 1. The predicted molar refractivity (Wildman–Crippen MR) is 76.5 cm³/mol. The molecule has 0 spiro atoms. The Morgan fingerprint density at radius 2 is 2.00 bits per heavy atom. The van der Waals surface area contributed by atoms with Gasteiger partial charge in [-0.05, 0) is 20.1 Å². The van der Waals surface area contributed by atoms with Gasteiger partial charge in [0.25, 0.3) is 0 Å². The minimum atomic E-state index is 0.504. The van der Waals surface area contributed by atoms with Crippen molar-refractivity contribution in [3.8, 4) is 0 Å². The van der Waals surface area contributed by atoms with Crippen LogP contribution in [0.3, 0.4) is 0 Å². The third-order valence-electron chi connectivity index (χ3n) is 2.34. The monoisotopic (exact) mass is 279 g/mol. The predicted octanol–water partition coefficient (Wildman–Crippen LogP) is 2.54. The fraction of sp³-hybridized carbons (Fsp3) is 0.417. The molecule has 0 unspecified atom stereocenters. The van der Waals surface area contributed by atoms with Crippen molar-refractivity contribution in [2.24, 2.45) is 0 Å². The largest absolute Gasteiger partial charge is 0.444 e. The lowest BCUT2D eigenvalue weighted by atomic mass is 10.5. The summed E-state index contributed by atoms with van der Waals surface area (Å²) in [4.78, 5) is 12.9. The Balaban J connectivity index is 2.08. The van der Waals surface area contributed by atoms with Gasteiger partial charge in [-0.2, -0.15) is 0 Å². The van der Waals surface area contributed by atoms with Gasteiger partial charge in [0.2, 0.25) is 5.89 Å². The van der Waals surface area contributed by atoms with Crippen molar-refractivity contribution in [1.29, 1.82) is 0 Å². The topological polar surface area (TPSA) is 75.9 Å². The molecule has 0 bridgehead atoms. The molecule has 2 rings (SSSR count). The number of nitrogens with zero attached hydrogens (tertiary/aromatic N) is 3. The molecule has 2 aromatic rings. The normalized spacial score (nSPS) is 10.5. The van der Waals surface area contributed by atoms with E-state index in [1.807, 2.05) is 26.2 Å². The summed E-state index contributed by atoms with van der Waals surface area (Å²) in [6, 6.07) is 1.87. The summed E-state index contributed by atoms with van der Waals surface area (Å²) < 4.78 is 5.40. The average molecular weight is 279 g/mol. The van der Waals surface area contributed by atoms with Gasteiger partial charge in [-0.15, -0.1) is 0 Å². The molecule has 0 radical (unpaired) electrons. The number of rotatable bonds is 6. The second kappa shape index (κ2) is 6.42. The molecule has 0 amide bonds. The first-order chi connectivity index (χ1) is 9.21. The van der Waals surface area contributed by atoms with Gasteiger partial charge < -0.3 is 15.1 Å². The molecule has 0 aromatic carbocycles. The van der Waals surface area contributed by atoms with Crippen molar-refractivity contribution < 1.29 is 4.42 Å². The first kappa shape index (κ1) is 13.7. The quantitative estimate of drug-likeness (QED) is 0.621. The molecule has 0 atom stereocenters. The molecule has 2 N–H and O–H groups in total. The number of nitrogens with one attached hydrogen (secondary N) is 2. The van der Waals surface area contributed by atoms with Crippen LogP contribution < -0.4 is 10.6 Å². The molecule has 0 aliphatic carbocycles. The number of hydrogen-bond donors (Lipinski definition) is 2. The maximum atomic E-state index is 5.40. The van der Waals surface area contributed by atoms with Crippen molar-refractivity contribution in [2.45, 2.75) is 25.5 Å². The SMILES string of the molecule is CCNc1cc(NCc2ncc(C)o2)nc(SC)n1. The number of anilines is 2. The Morgan fingerprint density at radius 1 is 1.26 bits per heavy atom. The first-order valence-corrected chi connectivity index (χ1v) is 7.26. The summed E-state index contributed by atoms with van der Waals surface area (Å²) >= 11 is 1.51. The summed E-state index contributed by atoms with van der Waals surface area (Å²) in [7, 11) is 0. The highest BCUT2D eigenvalue weighted by molar-refractivity contribution is 7.98. The molecule has 0 fully saturated rings. The molecule has 0 saturated heterocycles. The highest BCUT2D eigenvalue weighted by atomic mass is 32.2. The van der Waals surface area contributed by atoms with Crippen LogP contribution in [0.5, 0.6) is 0 Å². The first-order valence-electron chi connectivity index (χ1n) is 6.03. The van der Waals surface area contributed by atoms with Crippen LogP contribution in [0, 0.1) is 6.92 Å². The van der Waals surface area contributed by atoms with E-state index < -0.39 is 0 Å². The zero-order chi connectivity index (χ0) is 13.7. The van der Waals surface area contributed by atoms with E-state index in [1.165, 1.54) is 11.8 Å². The minimum Gasteiger partial charge on any atom is -0.444 e. The minimum absolute atomic E-state index is 0.504. The van der Waals surface area contributed by atoms with Crippen molar-refractivity contribution in [3.05, 3.63) is 23.9 Å². The molecule has 2 heterocycles. The van der Waals surface area contributed by atoms with Crippen molar-refractivity contribution in [3.63, 3.8) is 0 Å². The van der Waals surface area contributed by atoms with Crippen LogP contribution in [0.25, 0.3) is 0 Å². The molecule has 2 aromatic heterocycles. The van der Waals surface area contributed by atoms with Gasteiger partial charge in [-0.1, -0.05) is 11.8 Å². The van der Waals surface area contributed by atoms with Gasteiger partial charge in [-0.25, -0.2) is 15.0 Å². The number of aryl methyl sites for hydroxylation is 1. The van der Waals surface area contributed by atoms with Crippen LogP contribution in [-0.4, -0.2) is 27.8 Å². The average Bonchev–Trinajstić information content (AvgIpc) is 2.82. The van der Waals surface area contributed by atoms with Crippen LogP contribution in [0.2, 0.25) is 0 Å². The molecule has 6 nitrogen and oxygen atoms in total. The smallest absolute Gasteiger partial charge is 0.213 e. The number of oxazole rings is 1. The zero-order valence-electron chi connectivity index (χ0n) is 11.2. The van der Waals surface area contributed by atoms with Crippen LogP contribution >= 0.6 is 11.8 Å². The standard InChI is InChI=1S/C12H17N5OS/c1-4-13-9-5-10(17-12(16-9)19-3)14-7-11-15-6-8(2)18-11/h5-6H,4,7H2,1-3H3,(H2,13,14,16,17). The van der Waals surface area contributed by atoms with E-state index in [0.29, 0.717) is 12.4 Å². The van der Waals surface area contributed by atoms with E-state index in [-0.39, 0.29) is 0 Å². The van der Waals surface area contributed by atoms with Crippen molar-refractivity contribution in [2.75, 3.05) is 23.4 Å². The van der Waals surface area contributed by atoms with E-state index in [4.69, 9.17) is 4.42 Å². The lowest BCUT2D eigenvalue weighted by molar-refractivity contribution is 0.478. The summed E-state index contributed by atoms with van der Waals surface area (Å²) in [5.41, 5.74) is 0. The molecule has 7 heteroatoms. The second-order valence-electron chi connectivity index (χ2n) is 3.87. The number of hydrogen-bond acceptors (Lipinski definition) is 7. The van der Waals surface area contributed by atoms with Crippen molar-refractivity contribution in [1.82, 2.24) is 15.0 Å². The summed E-state index contributed by atoms with van der Waals surface area (Å²) in [5.74, 6) is 3.02. The molecule has 102 valence electrons. The lowest BCUT2D eigenvalue weighted by Crippen LogP contribution is -2.06. The maximum Gasteiger partial charge on any atom is 0.213 e. The van der Waals surface area contributed by atoms with Gasteiger partial charge in [0.05, 0.1) is 12.7 Å². The van der Waals surface area contributed by atoms with E-state index in [0.717, 1.165) is 29.1 Å². The summed E-state index contributed by atoms with van der Waals surface area (Å²) in [6.45, 7) is 5.23. The van der Waals surface area contributed by atoms with Gasteiger partial charge in [-0.3, -0.25) is 0 Å². The second-order valence-corrected chi connectivity index (χ2v) is 4.65. The zero-order valence-corrected chi connectivity index (χ0v) is 12.0. The Morgan fingerprint density at radius 3 is 2.58 bits per heavy atom. The van der Waals surface area contributed by atoms with Crippen LogP contribution in [0.1, 0.15) is 18.6 Å². The molecular formula is C12H17N5OS. The molecule has 19 heavy (non-hydrogen) atoms. The number of aromatic nitrogens is 3. The van der Waals surface area contributed by atoms with E-state index >= 15 is 0 Å². The molecule has 0 aliphatic heterocycles. The highest BCUT2D eigenvalue weighted by Crippen LogP contribution is 2.17. The van der Waals surface area contributed by atoms with Crippen LogP contribution in [-0.2, 0) is 6.54 Å². The maximum absolute atomic E-state index is 5.40. The van der Waals surface area contributed by atoms with Crippen LogP contribution in [0.15, 0.2) is 21.8 Å². The Kier molecular flexibility index (Phi) is 4.62. The molecule has 0 aliphatic rings. The lowest BCUT2D eigenvalue weighted by Gasteiger charge is -2.08. The van der Waals surface area contributed by atoms with Gasteiger partial charge in [0.1, 0.15) is 17.4 Å². The van der Waals surface area contributed by atoms with E-state index in [9.17, 15) is 0 Å². The van der Waals surface area contributed by atoms with Gasteiger partial charge in [0, 0.05) is 12.6 Å². The van der Waals surface area contributed by atoms with E-state index in [2.05, 4.69) is 25.6 Å². The van der Waals surface area contributed by atoms with E-state index in [1.54, 1.807) is 6.20 Å². The Bertz CT molecular complexity index is 543. The van der Waals surface area contributed by atoms with Gasteiger partial charge >= 0.3 is 0 Å². The third kappa shape index (κ3) is 3.85. The highest BCUT2D eigenvalue weighted by Gasteiger charge is 2.05. The third-order valence-corrected chi connectivity index (χ3v) is 2.88. The van der Waals surface area contributed by atoms with Crippen LogP contribution in [0.4, 0.5) is 11.6 Å². The Hall–Kier alpha value is -1.76.